The van der Waals surface area contributed by atoms with Crippen LogP contribution < -0.4 is 9.47 Å². The van der Waals surface area contributed by atoms with E-state index in [4.69, 9.17) is 9.47 Å². The highest BCUT2D eigenvalue weighted by atomic mass is 16.5. The van der Waals surface area contributed by atoms with E-state index >= 15 is 0 Å². The summed E-state index contributed by atoms with van der Waals surface area (Å²) < 4.78 is 11.5. The Balaban J connectivity index is 1.83. The molecule has 1 unspecified atom stereocenters. The van der Waals surface area contributed by atoms with Crippen LogP contribution >= 0.6 is 0 Å². The molecule has 0 saturated carbocycles. The molecule has 1 atom stereocenters. The number of hydrogen-bond acceptors (Lipinski definition) is 5. The van der Waals surface area contributed by atoms with Gasteiger partial charge < -0.3 is 19.7 Å². The van der Waals surface area contributed by atoms with Gasteiger partial charge in [-0.2, -0.15) is 0 Å². The molecule has 0 aromatic heterocycles. The predicted octanol–water partition coefficient (Wildman–Crippen LogP) is 4.40. The highest BCUT2D eigenvalue weighted by Crippen LogP contribution is 2.46. The molecule has 5 heteroatoms. The molecular weight excluding hydrogens is 356 g/mol. The third-order valence-electron chi connectivity index (χ3n) is 4.98. The maximum absolute atomic E-state index is 12.9. The molecule has 0 bridgehead atoms. The average molecular weight is 376 g/mol. The summed E-state index contributed by atoms with van der Waals surface area (Å²) in [6.07, 6.45) is -0.0378. The normalized spacial score (nSPS) is 15.6. The van der Waals surface area contributed by atoms with Gasteiger partial charge in [-0.15, -0.1) is 0 Å². The fraction of sp³-hybridized carbons (Fsp3) is 0.174. The van der Waals surface area contributed by atoms with E-state index < -0.39 is 6.10 Å². The summed E-state index contributed by atoms with van der Waals surface area (Å²) in [5.74, 6) is 0.564. The van der Waals surface area contributed by atoms with Crippen LogP contribution in [0.2, 0.25) is 0 Å². The molecule has 0 aliphatic carbocycles. The fourth-order valence-corrected chi connectivity index (χ4v) is 3.55. The van der Waals surface area contributed by atoms with E-state index in [1.165, 1.54) is 13.2 Å². The van der Waals surface area contributed by atoms with Gasteiger partial charge in [0.15, 0.2) is 5.78 Å². The quantitative estimate of drug-likeness (QED) is 0.706. The first-order chi connectivity index (χ1) is 13.6. The Bertz CT molecular complexity index is 1030. The number of phenols is 2. The number of Topliss-reactive ketones (excluding diaryl/α,β-unsaturated/α-hetero) is 1. The number of aromatic hydroxyl groups is 2. The highest BCUT2D eigenvalue weighted by molar-refractivity contribution is 6.03. The molecule has 4 rings (SSSR count). The van der Waals surface area contributed by atoms with Crippen molar-refractivity contribution in [2.24, 2.45) is 0 Å². The van der Waals surface area contributed by atoms with E-state index in [1.54, 1.807) is 24.3 Å². The monoisotopic (exact) mass is 376 g/mol. The number of rotatable bonds is 4. The topological polar surface area (TPSA) is 76.0 Å². The highest BCUT2D eigenvalue weighted by Gasteiger charge is 2.34. The zero-order valence-electron chi connectivity index (χ0n) is 15.4. The number of hydrogen-bond donors (Lipinski definition) is 2. The Labute approximate surface area is 162 Å². The Kier molecular flexibility index (Phi) is 4.65. The first-order valence-electron chi connectivity index (χ1n) is 9.03. The zero-order chi connectivity index (χ0) is 19.7. The number of carbonyl (C=O) groups excluding carboxylic acids is 1. The van der Waals surface area contributed by atoms with Gasteiger partial charge in [-0.05, 0) is 17.2 Å². The molecule has 0 saturated heterocycles. The summed E-state index contributed by atoms with van der Waals surface area (Å²) in [4.78, 5) is 12.9. The Morgan fingerprint density at radius 1 is 1.04 bits per heavy atom. The van der Waals surface area contributed by atoms with Crippen molar-refractivity contribution in [1.29, 1.82) is 0 Å². The van der Waals surface area contributed by atoms with Crippen LogP contribution in [0.4, 0.5) is 0 Å². The average Bonchev–Trinajstić information content (AvgIpc) is 2.71. The predicted molar refractivity (Wildman–Crippen MR) is 104 cm³/mol. The minimum atomic E-state index is -0.448. The van der Waals surface area contributed by atoms with E-state index in [2.05, 4.69) is 0 Å². The van der Waals surface area contributed by atoms with Gasteiger partial charge >= 0.3 is 0 Å². The molecule has 3 aromatic carbocycles. The Morgan fingerprint density at radius 3 is 2.46 bits per heavy atom. The number of carbonyl (C=O) groups is 1. The van der Waals surface area contributed by atoms with E-state index in [1.807, 2.05) is 30.3 Å². The lowest BCUT2D eigenvalue weighted by Gasteiger charge is -2.29. The van der Waals surface area contributed by atoms with Crippen LogP contribution in [0.1, 0.15) is 39.6 Å². The van der Waals surface area contributed by atoms with Crippen molar-refractivity contribution in [1.82, 2.24) is 0 Å². The molecule has 28 heavy (non-hydrogen) atoms. The summed E-state index contributed by atoms with van der Waals surface area (Å²) in [5, 5.41) is 20.8. The number of benzene rings is 3. The first-order valence-corrected chi connectivity index (χ1v) is 9.03. The van der Waals surface area contributed by atoms with Gasteiger partial charge in [0.2, 0.25) is 0 Å². The molecule has 3 aromatic rings. The molecule has 0 spiro atoms. The molecule has 142 valence electrons. The first kappa shape index (κ1) is 17.9. The van der Waals surface area contributed by atoms with Crippen molar-refractivity contribution in [2.45, 2.75) is 18.9 Å². The molecule has 5 nitrogen and oxygen atoms in total. The largest absolute Gasteiger partial charge is 0.508 e. The van der Waals surface area contributed by atoms with Crippen molar-refractivity contribution >= 4 is 5.78 Å². The van der Waals surface area contributed by atoms with Gasteiger partial charge in [0.25, 0.3) is 0 Å². The molecule has 2 N–H and O–H groups in total. The summed E-state index contributed by atoms with van der Waals surface area (Å²) in [6, 6.07) is 17.8. The lowest BCUT2D eigenvalue weighted by atomic mass is 9.91. The molecule has 0 fully saturated rings. The van der Waals surface area contributed by atoms with Crippen LogP contribution in [-0.2, 0) is 6.42 Å². The SMILES string of the molecule is COc1cc(O)c(Cc2ccccc2O)c2c1C(=O)CC(c1ccccc1)O2. The second kappa shape index (κ2) is 7.27. The van der Waals surface area contributed by atoms with Gasteiger partial charge in [0, 0.05) is 18.1 Å². The number of ether oxygens (including phenoxy) is 2. The maximum atomic E-state index is 12.9. The van der Waals surface area contributed by atoms with Crippen molar-refractivity contribution < 1.29 is 24.5 Å². The van der Waals surface area contributed by atoms with Gasteiger partial charge in [0.1, 0.15) is 34.7 Å². The summed E-state index contributed by atoms with van der Waals surface area (Å²) >= 11 is 0. The van der Waals surface area contributed by atoms with Gasteiger partial charge in [-0.1, -0.05) is 48.5 Å². The number of fused-ring (bicyclic) bond motifs is 1. The maximum Gasteiger partial charge on any atom is 0.174 e. The number of phenolic OH excluding ortho intramolecular Hbond substituents is 2. The summed E-state index contributed by atoms with van der Waals surface area (Å²) in [6.45, 7) is 0. The third kappa shape index (κ3) is 3.16. The van der Waals surface area contributed by atoms with Crippen LogP contribution in [0, 0.1) is 0 Å². The van der Waals surface area contributed by atoms with E-state index in [-0.39, 0.29) is 35.9 Å². The number of ketones is 1. The van der Waals surface area contributed by atoms with Crippen molar-refractivity contribution in [3.63, 3.8) is 0 Å². The molecule has 0 amide bonds. The lowest BCUT2D eigenvalue weighted by molar-refractivity contribution is 0.0842. The third-order valence-corrected chi connectivity index (χ3v) is 4.98. The van der Waals surface area contributed by atoms with Crippen LogP contribution in [0.25, 0.3) is 0 Å². The Morgan fingerprint density at radius 2 is 1.75 bits per heavy atom. The molecular formula is C23H20O5. The molecule has 1 heterocycles. The van der Waals surface area contributed by atoms with Crippen molar-refractivity contribution in [3.05, 3.63) is 82.9 Å². The van der Waals surface area contributed by atoms with Crippen molar-refractivity contribution in [3.8, 4) is 23.0 Å². The minimum Gasteiger partial charge on any atom is -0.508 e. The second-order valence-electron chi connectivity index (χ2n) is 6.73. The van der Waals surface area contributed by atoms with Crippen LogP contribution in [0.3, 0.4) is 0 Å². The molecule has 1 aliphatic rings. The minimum absolute atomic E-state index is 0.0413. The smallest absolute Gasteiger partial charge is 0.174 e. The summed E-state index contributed by atoms with van der Waals surface area (Å²) in [5.41, 5.74) is 2.30. The number of para-hydroxylation sites is 1. The Hall–Kier alpha value is -3.47. The zero-order valence-corrected chi connectivity index (χ0v) is 15.4. The lowest BCUT2D eigenvalue weighted by Crippen LogP contribution is -2.22. The van der Waals surface area contributed by atoms with Crippen LogP contribution in [0.5, 0.6) is 23.0 Å². The van der Waals surface area contributed by atoms with Gasteiger partial charge in [0.05, 0.1) is 13.5 Å². The molecule has 0 radical (unpaired) electrons. The number of methoxy groups -OCH3 is 1. The van der Waals surface area contributed by atoms with Crippen LogP contribution in [-0.4, -0.2) is 23.1 Å². The van der Waals surface area contributed by atoms with E-state index in [0.717, 1.165) is 5.56 Å². The molecule has 1 aliphatic heterocycles. The van der Waals surface area contributed by atoms with Gasteiger partial charge in [-0.3, -0.25) is 4.79 Å². The summed E-state index contributed by atoms with van der Waals surface area (Å²) in [7, 11) is 1.45. The van der Waals surface area contributed by atoms with Gasteiger partial charge in [-0.25, -0.2) is 0 Å². The van der Waals surface area contributed by atoms with E-state index in [0.29, 0.717) is 22.4 Å². The van der Waals surface area contributed by atoms with E-state index in [9.17, 15) is 15.0 Å². The standard InChI is InChI=1S/C23H20O5/c1-27-21-12-18(25)16(11-15-9-5-6-10-17(15)24)23-22(21)19(26)13-20(28-23)14-7-3-2-4-8-14/h2-10,12,20,24-25H,11,13H2,1H3. The fourth-order valence-electron chi connectivity index (χ4n) is 3.55. The second-order valence-corrected chi connectivity index (χ2v) is 6.73. The van der Waals surface area contributed by atoms with Crippen LogP contribution in [0.15, 0.2) is 60.7 Å². The van der Waals surface area contributed by atoms with Crippen molar-refractivity contribution in [2.75, 3.05) is 7.11 Å².